The second kappa shape index (κ2) is 37.0. The summed E-state index contributed by atoms with van der Waals surface area (Å²) in [7, 11) is 5.51. The molecular weight excluding hydrogens is 679 g/mol. The molecule has 0 aliphatic rings. The molecule has 0 aliphatic heterocycles. The number of hydrogen-bond acceptors (Lipinski definition) is 6. The number of carboxylic acids is 1. The van der Waals surface area contributed by atoms with Crippen LogP contribution >= 0.6 is 0 Å². The molecule has 0 rings (SSSR count). The molecule has 0 heterocycles. The molecule has 0 spiro atoms. The molecule has 8 heteroatoms. The predicted octanol–water partition coefficient (Wildman–Crippen LogP) is 11.4. The van der Waals surface area contributed by atoms with Crippen LogP contribution in [0.4, 0.5) is 0 Å². The molecule has 2 unspecified atom stereocenters. The molecule has 0 aromatic rings. The molecule has 0 radical (unpaired) electrons. The van der Waals surface area contributed by atoms with Gasteiger partial charge >= 0.3 is 17.9 Å². The highest BCUT2D eigenvalue weighted by atomic mass is 16.6. The van der Waals surface area contributed by atoms with Crippen molar-refractivity contribution in [2.45, 2.75) is 174 Å². The van der Waals surface area contributed by atoms with Crippen molar-refractivity contribution >= 4 is 17.9 Å². The van der Waals surface area contributed by atoms with E-state index in [2.05, 4.69) is 74.6 Å². The Morgan fingerprint density at radius 1 is 0.574 bits per heavy atom. The van der Waals surface area contributed by atoms with E-state index in [1.54, 1.807) is 0 Å². The van der Waals surface area contributed by atoms with Gasteiger partial charge in [-0.05, 0) is 70.6 Å². The van der Waals surface area contributed by atoms with Crippen LogP contribution in [0.5, 0.6) is 0 Å². The van der Waals surface area contributed by atoms with Gasteiger partial charge in [0, 0.05) is 19.3 Å². The highest BCUT2D eigenvalue weighted by Crippen LogP contribution is 2.13. The molecule has 1 N–H and O–H groups in total. The molecule has 0 bridgehead atoms. The number of aliphatic carboxylic acids is 1. The monoisotopic (exact) mass is 759 g/mol. The first-order valence-electron chi connectivity index (χ1n) is 21.3. The van der Waals surface area contributed by atoms with Gasteiger partial charge in [0.25, 0.3) is 0 Å². The summed E-state index contributed by atoms with van der Waals surface area (Å²) in [6.45, 7) is 4.52. The normalized spacial score (nSPS) is 13.6. The van der Waals surface area contributed by atoms with Crippen LogP contribution < -0.4 is 0 Å². The van der Waals surface area contributed by atoms with Crippen LogP contribution in [0.15, 0.2) is 60.8 Å². The van der Waals surface area contributed by atoms with Crippen LogP contribution in [0.2, 0.25) is 0 Å². The minimum atomic E-state index is -0.881. The van der Waals surface area contributed by atoms with E-state index in [1.807, 2.05) is 21.1 Å². The highest BCUT2D eigenvalue weighted by Gasteiger charge is 2.31. The summed E-state index contributed by atoms with van der Waals surface area (Å²) >= 11 is 0. The summed E-state index contributed by atoms with van der Waals surface area (Å²) in [5.74, 6) is -1.50. The lowest BCUT2D eigenvalue weighted by Gasteiger charge is -2.31. The molecule has 54 heavy (non-hydrogen) atoms. The lowest BCUT2D eigenvalue weighted by molar-refractivity contribution is -0.887. The van der Waals surface area contributed by atoms with Gasteiger partial charge < -0.3 is 23.8 Å². The Bertz CT molecular complexity index is 1070. The van der Waals surface area contributed by atoms with Crippen molar-refractivity contribution in [3.63, 3.8) is 0 Å². The highest BCUT2D eigenvalue weighted by molar-refractivity contribution is 5.72. The number of carbonyl (C=O) groups is 3. The number of hydrogen-bond donors (Lipinski definition) is 1. The molecule has 0 saturated heterocycles. The number of carbonyl (C=O) groups excluding carboxylic acids is 2. The Morgan fingerprint density at radius 3 is 1.54 bits per heavy atom. The summed E-state index contributed by atoms with van der Waals surface area (Å²) in [5.41, 5.74) is 0. The standard InChI is InChI=1S/C46H79NO7/c1-6-8-10-12-14-16-18-20-21-22-23-25-27-29-31-33-35-37-45(49)54-42(40-52-39-38-43(46(50)51)47(3,4)5)41-53-44(48)36-34-32-30-28-26-24-19-17-15-13-11-9-7-2/h8,10-11,13-14,16-17,19-21,42-43H,6-7,9,12,15,18,22-41H2,1-5H3/p+1/b10-8-,13-11-,16-14-,19-17-,21-20-. The first-order chi connectivity index (χ1) is 26.1. The number of rotatable bonds is 37. The van der Waals surface area contributed by atoms with Crippen molar-refractivity contribution in [1.82, 2.24) is 0 Å². The molecule has 8 nitrogen and oxygen atoms in total. The Hall–Kier alpha value is -2.97. The van der Waals surface area contributed by atoms with E-state index in [9.17, 15) is 19.5 Å². The molecule has 0 aliphatic carbocycles. The van der Waals surface area contributed by atoms with Crippen molar-refractivity contribution in [2.24, 2.45) is 0 Å². The summed E-state index contributed by atoms with van der Waals surface area (Å²) in [6.07, 6.45) is 44.0. The Labute approximate surface area is 330 Å². The van der Waals surface area contributed by atoms with Gasteiger partial charge in [-0.15, -0.1) is 0 Å². The van der Waals surface area contributed by atoms with E-state index in [1.165, 1.54) is 32.1 Å². The smallest absolute Gasteiger partial charge is 0.362 e. The predicted molar refractivity (Wildman–Crippen MR) is 224 cm³/mol. The van der Waals surface area contributed by atoms with E-state index in [0.29, 0.717) is 19.3 Å². The van der Waals surface area contributed by atoms with E-state index in [4.69, 9.17) is 14.2 Å². The number of carboxylic acid groups (broad SMARTS) is 1. The van der Waals surface area contributed by atoms with E-state index in [0.717, 1.165) is 96.3 Å². The van der Waals surface area contributed by atoms with Gasteiger partial charge in [0.05, 0.1) is 34.4 Å². The number of quaternary nitrogens is 1. The number of esters is 2. The summed E-state index contributed by atoms with van der Waals surface area (Å²) < 4.78 is 17.2. The van der Waals surface area contributed by atoms with Gasteiger partial charge in [-0.2, -0.15) is 0 Å². The topological polar surface area (TPSA) is 99.1 Å². The second-order valence-electron chi connectivity index (χ2n) is 15.2. The third-order valence-electron chi connectivity index (χ3n) is 9.13. The molecule has 310 valence electrons. The number of unbranched alkanes of at least 4 members (excludes halogenated alkanes) is 13. The maximum Gasteiger partial charge on any atom is 0.362 e. The summed E-state index contributed by atoms with van der Waals surface area (Å²) in [5, 5.41) is 9.61. The first-order valence-corrected chi connectivity index (χ1v) is 21.3. The van der Waals surface area contributed by atoms with Gasteiger partial charge in [-0.1, -0.05) is 132 Å². The third kappa shape index (κ3) is 34.8. The molecule has 2 atom stereocenters. The number of ether oxygens (including phenoxy) is 3. The maximum absolute atomic E-state index is 12.7. The minimum absolute atomic E-state index is 0.0501. The van der Waals surface area contributed by atoms with Crippen molar-refractivity contribution in [3.05, 3.63) is 60.8 Å². The van der Waals surface area contributed by atoms with Crippen LogP contribution in [0.1, 0.15) is 162 Å². The second-order valence-corrected chi connectivity index (χ2v) is 15.2. The number of nitrogens with zero attached hydrogens (tertiary/aromatic N) is 1. The first kappa shape index (κ1) is 51.0. The van der Waals surface area contributed by atoms with Crippen LogP contribution in [-0.4, -0.2) is 80.6 Å². The largest absolute Gasteiger partial charge is 0.477 e. The SMILES string of the molecule is CC/C=C\C/C=C\C/C=C\CCCCCCCCCC(=O)OC(COCCC(C(=O)O)[N+](C)(C)C)COC(=O)CCCCCCC/C=C\C/C=C\CCC. The van der Waals surface area contributed by atoms with Crippen molar-refractivity contribution < 1.29 is 38.2 Å². The van der Waals surface area contributed by atoms with Gasteiger partial charge in [-0.3, -0.25) is 9.59 Å². The Balaban J connectivity index is 4.40. The number of likely N-dealkylation sites (N-methyl/N-ethyl adjacent to an activating group) is 1. The molecule has 0 aromatic carbocycles. The zero-order valence-corrected chi connectivity index (χ0v) is 35.2. The quantitative estimate of drug-likeness (QED) is 0.0291. The third-order valence-corrected chi connectivity index (χ3v) is 9.13. The fraction of sp³-hybridized carbons (Fsp3) is 0.717. The zero-order valence-electron chi connectivity index (χ0n) is 35.2. The average molecular weight is 759 g/mol. The zero-order chi connectivity index (χ0) is 40.0. The van der Waals surface area contributed by atoms with Gasteiger partial charge in [0.2, 0.25) is 0 Å². The summed E-state index contributed by atoms with van der Waals surface area (Å²) in [4.78, 5) is 36.9. The van der Waals surface area contributed by atoms with Crippen molar-refractivity contribution in [1.29, 1.82) is 0 Å². The molecule has 0 fully saturated rings. The van der Waals surface area contributed by atoms with Gasteiger partial charge in [0.1, 0.15) is 6.61 Å². The maximum atomic E-state index is 12.7. The lowest BCUT2D eigenvalue weighted by atomic mass is 10.1. The minimum Gasteiger partial charge on any atom is -0.477 e. The fourth-order valence-electron chi connectivity index (χ4n) is 5.85. The summed E-state index contributed by atoms with van der Waals surface area (Å²) in [6, 6.07) is -0.620. The Morgan fingerprint density at radius 2 is 1.04 bits per heavy atom. The van der Waals surface area contributed by atoms with Crippen LogP contribution in [0.25, 0.3) is 0 Å². The van der Waals surface area contributed by atoms with Gasteiger partial charge in [-0.25, -0.2) is 4.79 Å². The van der Waals surface area contributed by atoms with Crippen LogP contribution in [0, 0.1) is 0 Å². The molecule has 0 aromatic heterocycles. The van der Waals surface area contributed by atoms with E-state index < -0.39 is 18.1 Å². The van der Waals surface area contributed by atoms with Gasteiger partial charge in [0.15, 0.2) is 12.1 Å². The fourth-order valence-corrected chi connectivity index (χ4v) is 5.85. The molecule has 0 amide bonds. The molecule has 0 saturated carbocycles. The lowest BCUT2D eigenvalue weighted by Crippen LogP contribution is -2.50. The Kier molecular flexibility index (Phi) is 34.9. The van der Waals surface area contributed by atoms with Crippen LogP contribution in [0.3, 0.4) is 0 Å². The van der Waals surface area contributed by atoms with Crippen LogP contribution in [-0.2, 0) is 28.6 Å². The number of allylic oxidation sites excluding steroid dienone is 10. The van der Waals surface area contributed by atoms with Crippen molar-refractivity contribution in [3.8, 4) is 0 Å². The van der Waals surface area contributed by atoms with E-state index >= 15 is 0 Å². The van der Waals surface area contributed by atoms with Crippen molar-refractivity contribution in [2.75, 3.05) is 41.0 Å². The average Bonchev–Trinajstić information content (AvgIpc) is 3.12. The van der Waals surface area contributed by atoms with E-state index in [-0.39, 0.29) is 36.2 Å². The molecular formula is C46H80NO7+.